The van der Waals surface area contributed by atoms with E-state index >= 15 is 0 Å². The zero-order chi connectivity index (χ0) is 16.5. The Morgan fingerprint density at radius 3 is 2.58 bits per heavy atom. The van der Waals surface area contributed by atoms with Crippen molar-refractivity contribution in [2.75, 3.05) is 24.6 Å². The second-order valence-corrected chi connectivity index (χ2v) is 7.79. The van der Waals surface area contributed by atoms with Crippen molar-refractivity contribution in [1.82, 2.24) is 24.8 Å². The fourth-order valence-corrected chi connectivity index (χ4v) is 4.95. The van der Waals surface area contributed by atoms with Gasteiger partial charge in [-0.3, -0.25) is 4.90 Å². The molecule has 0 bridgehead atoms. The van der Waals surface area contributed by atoms with Gasteiger partial charge in [0.2, 0.25) is 11.9 Å². The summed E-state index contributed by atoms with van der Waals surface area (Å²) >= 11 is 1.94. The fraction of sp³-hybridized carbons (Fsp3) is 0.625. The highest BCUT2D eigenvalue weighted by atomic mass is 32.1. The lowest BCUT2D eigenvalue weighted by molar-refractivity contribution is 0.195. The Bertz CT molecular complexity index is 685. The molecule has 2 aromatic rings. The van der Waals surface area contributed by atoms with Crippen LogP contribution in [0.15, 0.2) is 0 Å². The Morgan fingerprint density at radius 1 is 1.00 bits per heavy atom. The molecule has 2 aromatic heterocycles. The maximum atomic E-state index is 5.67. The molecule has 1 unspecified atom stereocenters. The summed E-state index contributed by atoms with van der Waals surface area (Å²) in [5, 5.41) is 1.32. The quantitative estimate of drug-likeness (QED) is 0.872. The highest BCUT2D eigenvalue weighted by Crippen LogP contribution is 2.34. The van der Waals surface area contributed by atoms with Crippen LogP contribution in [0.25, 0.3) is 0 Å². The summed E-state index contributed by atoms with van der Waals surface area (Å²) in [4.78, 5) is 21.1. The van der Waals surface area contributed by atoms with Gasteiger partial charge < -0.3 is 11.5 Å². The summed E-state index contributed by atoms with van der Waals surface area (Å²) in [5.74, 6) is 1.56. The van der Waals surface area contributed by atoms with Crippen LogP contribution in [0.3, 0.4) is 0 Å². The number of nitrogens with two attached hydrogens (primary N) is 2. The minimum atomic E-state index is 0.193. The van der Waals surface area contributed by atoms with Gasteiger partial charge in [0.1, 0.15) is 5.82 Å². The Balaban J connectivity index is 1.46. The molecule has 128 valence electrons. The molecule has 24 heavy (non-hydrogen) atoms. The number of aryl methyl sites for hydroxylation is 2. The van der Waals surface area contributed by atoms with E-state index < -0.39 is 0 Å². The first-order valence-corrected chi connectivity index (χ1v) is 9.46. The normalized spacial score (nSPS) is 21.6. The summed E-state index contributed by atoms with van der Waals surface area (Å²) in [6.07, 6.45) is 7.36. The zero-order valence-corrected chi connectivity index (χ0v) is 14.6. The third kappa shape index (κ3) is 3.34. The summed E-state index contributed by atoms with van der Waals surface area (Å²) < 4.78 is 0. The molecule has 8 heteroatoms. The molecule has 0 aromatic carbocycles. The van der Waals surface area contributed by atoms with E-state index in [2.05, 4.69) is 19.9 Å². The molecule has 0 amide bonds. The first-order valence-electron chi connectivity index (χ1n) is 8.64. The number of hydrogen-bond donors (Lipinski definition) is 2. The number of anilines is 2. The van der Waals surface area contributed by atoms with Crippen LogP contribution in [0.4, 0.5) is 11.9 Å². The van der Waals surface area contributed by atoms with Gasteiger partial charge in [-0.05, 0) is 45.1 Å². The first kappa shape index (κ1) is 15.7. The van der Waals surface area contributed by atoms with Crippen LogP contribution in [-0.4, -0.2) is 37.9 Å². The molecule has 4 N–H and O–H groups in total. The number of nitrogen functional groups attached to an aromatic ring is 2. The van der Waals surface area contributed by atoms with Gasteiger partial charge in [-0.15, -0.1) is 11.3 Å². The van der Waals surface area contributed by atoms with Crippen LogP contribution in [-0.2, 0) is 19.4 Å². The largest absolute Gasteiger partial charge is 0.368 e. The monoisotopic (exact) mass is 345 g/mol. The molecular formula is C16H23N7S. The van der Waals surface area contributed by atoms with Crippen LogP contribution in [0, 0.1) is 0 Å². The van der Waals surface area contributed by atoms with E-state index in [1.54, 1.807) is 0 Å². The van der Waals surface area contributed by atoms with Crippen LogP contribution < -0.4 is 11.5 Å². The van der Waals surface area contributed by atoms with Crippen molar-refractivity contribution in [2.45, 2.75) is 51.0 Å². The van der Waals surface area contributed by atoms with Crippen LogP contribution >= 0.6 is 11.3 Å². The van der Waals surface area contributed by atoms with Gasteiger partial charge in [0.25, 0.3) is 0 Å². The van der Waals surface area contributed by atoms with Crippen molar-refractivity contribution in [1.29, 1.82) is 0 Å². The Kier molecular flexibility index (Phi) is 4.32. The van der Waals surface area contributed by atoms with Crippen molar-refractivity contribution < 1.29 is 0 Å². The predicted octanol–water partition coefficient (Wildman–Crippen LogP) is 1.75. The summed E-state index contributed by atoms with van der Waals surface area (Å²) in [6.45, 7) is 2.71. The summed E-state index contributed by atoms with van der Waals surface area (Å²) in [5.41, 5.74) is 12.7. The highest BCUT2D eigenvalue weighted by molar-refractivity contribution is 7.11. The molecule has 0 radical (unpaired) electrons. The number of piperidine rings is 1. The van der Waals surface area contributed by atoms with Crippen molar-refractivity contribution >= 4 is 23.2 Å². The zero-order valence-electron chi connectivity index (χ0n) is 13.7. The van der Waals surface area contributed by atoms with Crippen LogP contribution in [0.5, 0.6) is 0 Å². The van der Waals surface area contributed by atoms with E-state index in [9.17, 15) is 0 Å². The molecule has 3 heterocycles. The van der Waals surface area contributed by atoms with Gasteiger partial charge in [0, 0.05) is 17.3 Å². The lowest BCUT2D eigenvalue weighted by atomic mass is 9.98. The second-order valence-electron chi connectivity index (χ2n) is 6.67. The highest BCUT2D eigenvalue weighted by Gasteiger charge is 2.26. The predicted molar refractivity (Wildman–Crippen MR) is 94.7 cm³/mol. The number of fused-ring (bicyclic) bond motifs is 1. The summed E-state index contributed by atoms with van der Waals surface area (Å²) in [6, 6.07) is 0. The van der Waals surface area contributed by atoms with Crippen LogP contribution in [0.1, 0.15) is 53.0 Å². The standard InChI is InChI=1S/C16H23N7S/c17-15-20-13(21-16(18)22-15)9-23-7-3-4-10(8-23)14-19-11-5-1-2-6-12(11)24-14/h10H,1-9H2,(H4,17,18,20,21,22). The van der Waals surface area contributed by atoms with Crippen molar-refractivity contribution in [3.8, 4) is 0 Å². The number of hydrogen-bond acceptors (Lipinski definition) is 8. The van der Waals surface area contributed by atoms with Crippen LogP contribution in [0.2, 0.25) is 0 Å². The first-order chi connectivity index (χ1) is 11.7. The lowest BCUT2D eigenvalue weighted by Gasteiger charge is -2.31. The van der Waals surface area contributed by atoms with Gasteiger partial charge in [0.15, 0.2) is 0 Å². The molecule has 1 aliphatic carbocycles. The van der Waals surface area contributed by atoms with E-state index in [4.69, 9.17) is 16.5 Å². The van der Waals surface area contributed by atoms with E-state index in [0.717, 1.165) is 19.5 Å². The summed E-state index contributed by atoms with van der Waals surface area (Å²) in [7, 11) is 0. The van der Waals surface area contributed by atoms with Gasteiger partial charge in [0.05, 0.1) is 17.2 Å². The van der Waals surface area contributed by atoms with E-state index in [1.807, 2.05) is 11.3 Å². The van der Waals surface area contributed by atoms with E-state index in [1.165, 1.54) is 47.7 Å². The number of thiazole rings is 1. The van der Waals surface area contributed by atoms with Crippen molar-refractivity contribution in [3.05, 3.63) is 21.4 Å². The second kappa shape index (κ2) is 6.60. The molecule has 1 aliphatic heterocycles. The third-order valence-corrected chi connectivity index (χ3v) is 6.12. The minimum Gasteiger partial charge on any atom is -0.368 e. The maximum Gasteiger partial charge on any atom is 0.225 e. The molecule has 4 rings (SSSR count). The van der Waals surface area contributed by atoms with E-state index in [-0.39, 0.29) is 11.9 Å². The Labute approximate surface area is 145 Å². The molecule has 1 fully saturated rings. The van der Waals surface area contributed by atoms with Crippen molar-refractivity contribution in [3.63, 3.8) is 0 Å². The average Bonchev–Trinajstić information content (AvgIpc) is 2.98. The van der Waals surface area contributed by atoms with Gasteiger partial charge in [-0.2, -0.15) is 15.0 Å². The maximum absolute atomic E-state index is 5.67. The molecule has 0 spiro atoms. The number of rotatable bonds is 3. The molecule has 7 nitrogen and oxygen atoms in total. The number of likely N-dealkylation sites (tertiary alicyclic amines) is 1. The van der Waals surface area contributed by atoms with Gasteiger partial charge >= 0.3 is 0 Å². The fourth-order valence-electron chi connectivity index (χ4n) is 3.67. The van der Waals surface area contributed by atoms with Crippen molar-refractivity contribution in [2.24, 2.45) is 0 Å². The lowest BCUT2D eigenvalue weighted by Crippen LogP contribution is -2.34. The molecular weight excluding hydrogens is 322 g/mol. The average molecular weight is 345 g/mol. The molecule has 1 atom stereocenters. The Morgan fingerprint density at radius 2 is 1.79 bits per heavy atom. The number of aromatic nitrogens is 4. The molecule has 1 saturated heterocycles. The SMILES string of the molecule is Nc1nc(N)nc(CN2CCCC(c3nc4c(s3)CCCC4)C2)n1. The van der Waals surface area contributed by atoms with Gasteiger partial charge in [-0.1, -0.05) is 0 Å². The molecule has 0 saturated carbocycles. The Hall–Kier alpha value is -1.80. The van der Waals surface area contributed by atoms with Gasteiger partial charge in [-0.25, -0.2) is 4.98 Å². The van der Waals surface area contributed by atoms with E-state index in [0.29, 0.717) is 18.3 Å². The topological polar surface area (TPSA) is 107 Å². The molecule has 2 aliphatic rings. The third-order valence-electron chi connectivity index (χ3n) is 4.80. The number of nitrogens with zero attached hydrogens (tertiary/aromatic N) is 5. The minimum absolute atomic E-state index is 0.193. The smallest absolute Gasteiger partial charge is 0.225 e.